The Morgan fingerprint density at radius 1 is 1.10 bits per heavy atom. The minimum absolute atomic E-state index is 0.184. The van der Waals surface area contributed by atoms with Gasteiger partial charge in [-0.1, -0.05) is 54.6 Å². The number of nitrogens with zero attached hydrogens (tertiary/aromatic N) is 1. The van der Waals surface area contributed by atoms with Crippen molar-refractivity contribution in [3.63, 3.8) is 0 Å². The lowest BCUT2D eigenvalue weighted by atomic mass is 10.0. The van der Waals surface area contributed by atoms with E-state index in [1.165, 1.54) is 0 Å². The molecule has 0 radical (unpaired) electrons. The van der Waals surface area contributed by atoms with Crippen molar-refractivity contribution < 1.29 is 5.11 Å². The lowest BCUT2D eigenvalue weighted by molar-refractivity contribution is 0.138. The van der Waals surface area contributed by atoms with Crippen LogP contribution in [-0.2, 0) is 6.42 Å². The molecule has 2 aromatic rings. The van der Waals surface area contributed by atoms with Crippen LogP contribution in [-0.4, -0.2) is 11.2 Å². The van der Waals surface area contributed by atoms with Crippen molar-refractivity contribution in [1.82, 2.24) is 5.32 Å². The first-order valence-corrected chi connectivity index (χ1v) is 6.76. The van der Waals surface area contributed by atoms with Gasteiger partial charge in [0, 0.05) is 6.42 Å². The lowest BCUT2D eigenvalue weighted by Gasteiger charge is -2.21. The van der Waals surface area contributed by atoms with Crippen molar-refractivity contribution >= 4 is 0 Å². The number of nitriles is 1. The number of benzene rings is 2. The molecule has 2 aromatic carbocycles. The van der Waals surface area contributed by atoms with Crippen LogP contribution >= 0.6 is 0 Å². The minimum atomic E-state index is -0.480. The Labute approximate surface area is 118 Å². The van der Waals surface area contributed by atoms with Gasteiger partial charge in [0.15, 0.2) is 0 Å². The van der Waals surface area contributed by atoms with Gasteiger partial charge in [0.1, 0.15) is 6.04 Å². The predicted octanol–water partition coefficient (Wildman–Crippen LogP) is 2.50. The summed E-state index contributed by atoms with van der Waals surface area (Å²) in [5.74, 6) is 0. The van der Waals surface area contributed by atoms with Crippen LogP contribution in [0.4, 0.5) is 0 Å². The largest absolute Gasteiger partial charge is 0.391 e. The highest BCUT2D eigenvalue weighted by Crippen LogP contribution is 2.33. The molecule has 0 saturated heterocycles. The molecule has 0 spiro atoms. The molecule has 0 fully saturated rings. The summed E-state index contributed by atoms with van der Waals surface area (Å²) in [6, 6.07) is 19.3. The summed E-state index contributed by atoms with van der Waals surface area (Å²) in [6.45, 7) is 0. The van der Waals surface area contributed by atoms with E-state index in [1.807, 2.05) is 54.6 Å². The molecule has 0 unspecified atom stereocenters. The van der Waals surface area contributed by atoms with Crippen LogP contribution in [0.5, 0.6) is 0 Å². The summed E-state index contributed by atoms with van der Waals surface area (Å²) < 4.78 is 0. The van der Waals surface area contributed by atoms with Crippen molar-refractivity contribution in [2.75, 3.05) is 0 Å². The van der Waals surface area contributed by atoms with Crippen LogP contribution < -0.4 is 5.32 Å². The zero-order chi connectivity index (χ0) is 13.9. The molecule has 3 atom stereocenters. The third-order valence-electron chi connectivity index (χ3n) is 3.81. The first-order chi connectivity index (χ1) is 9.79. The molecule has 0 aliphatic heterocycles. The fraction of sp³-hybridized carbons (Fsp3) is 0.235. The highest BCUT2D eigenvalue weighted by molar-refractivity contribution is 5.37. The van der Waals surface area contributed by atoms with Crippen molar-refractivity contribution in [1.29, 1.82) is 5.26 Å². The molecule has 0 aromatic heterocycles. The van der Waals surface area contributed by atoms with Gasteiger partial charge >= 0.3 is 0 Å². The lowest BCUT2D eigenvalue weighted by Crippen LogP contribution is -2.31. The van der Waals surface area contributed by atoms with Gasteiger partial charge in [0.05, 0.1) is 18.2 Å². The summed E-state index contributed by atoms with van der Waals surface area (Å²) >= 11 is 0. The number of fused-ring (bicyclic) bond motifs is 1. The molecule has 1 aliphatic carbocycles. The average Bonchev–Trinajstić information content (AvgIpc) is 2.81. The van der Waals surface area contributed by atoms with Crippen LogP contribution in [0.15, 0.2) is 54.6 Å². The monoisotopic (exact) mass is 264 g/mol. The van der Waals surface area contributed by atoms with E-state index in [-0.39, 0.29) is 6.04 Å². The Bertz CT molecular complexity index is 633. The van der Waals surface area contributed by atoms with Gasteiger partial charge in [-0.15, -0.1) is 0 Å². The Hall–Kier alpha value is -2.15. The van der Waals surface area contributed by atoms with Gasteiger partial charge < -0.3 is 5.11 Å². The van der Waals surface area contributed by atoms with E-state index in [2.05, 4.69) is 11.4 Å². The molecule has 0 saturated carbocycles. The Morgan fingerprint density at radius 3 is 2.55 bits per heavy atom. The third-order valence-corrected chi connectivity index (χ3v) is 3.81. The summed E-state index contributed by atoms with van der Waals surface area (Å²) in [4.78, 5) is 0. The van der Waals surface area contributed by atoms with E-state index >= 15 is 0 Å². The average molecular weight is 264 g/mol. The Kier molecular flexibility index (Phi) is 3.51. The molecule has 0 amide bonds. The fourth-order valence-electron chi connectivity index (χ4n) is 2.81. The molecular weight excluding hydrogens is 248 g/mol. The highest BCUT2D eigenvalue weighted by atomic mass is 16.3. The molecule has 100 valence electrons. The summed E-state index contributed by atoms with van der Waals surface area (Å²) in [5, 5.41) is 22.9. The second-order valence-electron chi connectivity index (χ2n) is 5.09. The number of nitrogens with one attached hydrogen (secondary N) is 1. The fourth-order valence-corrected chi connectivity index (χ4v) is 2.81. The van der Waals surface area contributed by atoms with Gasteiger partial charge in [-0.25, -0.2) is 0 Å². The van der Waals surface area contributed by atoms with E-state index in [1.54, 1.807) is 0 Å². The first kappa shape index (κ1) is 12.9. The number of aliphatic hydroxyl groups excluding tert-OH is 1. The van der Waals surface area contributed by atoms with E-state index in [0.29, 0.717) is 6.42 Å². The topological polar surface area (TPSA) is 56.0 Å². The van der Waals surface area contributed by atoms with Gasteiger partial charge in [-0.2, -0.15) is 5.26 Å². The summed E-state index contributed by atoms with van der Waals surface area (Å²) in [5.41, 5.74) is 3.17. The molecule has 0 bridgehead atoms. The minimum Gasteiger partial charge on any atom is -0.391 e. The van der Waals surface area contributed by atoms with Crippen molar-refractivity contribution in [3.05, 3.63) is 71.3 Å². The Balaban J connectivity index is 1.86. The first-order valence-electron chi connectivity index (χ1n) is 6.76. The molecule has 3 rings (SSSR count). The van der Waals surface area contributed by atoms with E-state index in [9.17, 15) is 10.4 Å². The van der Waals surface area contributed by atoms with Crippen molar-refractivity contribution in [2.45, 2.75) is 24.6 Å². The normalized spacial score (nSPS) is 22.0. The number of aliphatic hydroxyl groups is 1. The smallest absolute Gasteiger partial charge is 0.121 e. The zero-order valence-electron chi connectivity index (χ0n) is 11.0. The zero-order valence-corrected chi connectivity index (χ0v) is 11.0. The Morgan fingerprint density at radius 2 is 1.80 bits per heavy atom. The van der Waals surface area contributed by atoms with Crippen LogP contribution in [0.25, 0.3) is 0 Å². The van der Waals surface area contributed by atoms with Crippen molar-refractivity contribution in [3.8, 4) is 6.07 Å². The van der Waals surface area contributed by atoms with Gasteiger partial charge in [-0.3, -0.25) is 5.32 Å². The molecule has 2 N–H and O–H groups in total. The predicted molar refractivity (Wildman–Crippen MR) is 76.8 cm³/mol. The molecule has 0 heterocycles. The van der Waals surface area contributed by atoms with Crippen LogP contribution in [0, 0.1) is 11.3 Å². The number of hydrogen-bond acceptors (Lipinski definition) is 3. The maximum atomic E-state index is 10.2. The molecule has 3 heteroatoms. The van der Waals surface area contributed by atoms with Gasteiger partial charge in [0.2, 0.25) is 0 Å². The quantitative estimate of drug-likeness (QED) is 0.895. The number of hydrogen-bond donors (Lipinski definition) is 2. The second kappa shape index (κ2) is 5.46. The van der Waals surface area contributed by atoms with Crippen molar-refractivity contribution in [2.24, 2.45) is 0 Å². The summed E-state index contributed by atoms with van der Waals surface area (Å²) in [7, 11) is 0. The van der Waals surface area contributed by atoms with E-state index in [4.69, 9.17) is 0 Å². The standard InChI is InChI=1S/C17H16N2O/c18-11-15(12-6-2-1-3-7-12)19-17-14-9-5-4-8-13(14)10-16(17)20/h1-9,15-17,19-20H,10H2/t15-,16+,17-/m1/s1. The molecular formula is C17H16N2O. The molecule has 20 heavy (non-hydrogen) atoms. The summed E-state index contributed by atoms with van der Waals surface area (Å²) in [6.07, 6.45) is 0.160. The van der Waals surface area contributed by atoms with Crippen LogP contribution in [0.2, 0.25) is 0 Å². The molecule has 1 aliphatic rings. The SMILES string of the molecule is N#C[C@@H](N[C@@H]1c2ccccc2C[C@@H]1O)c1ccccc1. The van der Waals surface area contributed by atoms with Crippen LogP contribution in [0.3, 0.4) is 0 Å². The maximum Gasteiger partial charge on any atom is 0.121 e. The van der Waals surface area contributed by atoms with Gasteiger partial charge in [-0.05, 0) is 16.7 Å². The van der Waals surface area contributed by atoms with E-state index < -0.39 is 12.1 Å². The third kappa shape index (κ3) is 2.32. The van der Waals surface area contributed by atoms with Crippen LogP contribution in [0.1, 0.15) is 28.8 Å². The number of rotatable bonds is 3. The van der Waals surface area contributed by atoms with Gasteiger partial charge in [0.25, 0.3) is 0 Å². The second-order valence-corrected chi connectivity index (χ2v) is 5.09. The maximum absolute atomic E-state index is 10.2. The molecule has 3 nitrogen and oxygen atoms in total. The van der Waals surface area contributed by atoms with E-state index in [0.717, 1.165) is 16.7 Å². The highest BCUT2D eigenvalue weighted by Gasteiger charge is 2.32.